The Balaban J connectivity index is 2.92. The van der Waals surface area contributed by atoms with Gasteiger partial charge in [0.05, 0.1) is 12.2 Å². The lowest BCUT2D eigenvalue weighted by atomic mass is 9.76. The standard InChI is InChI=1S/C21H37NO4SSi/c1-10-24-21(25-11-2)17(16(18(21)23)14-15(3)4)19(27)22-12-13-26-28(8,9)20(5,6)7/h3,10-14H2,1-2,4-9H3,(H,22,27). The molecule has 0 spiro atoms. The van der Waals surface area contributed by atoms with E-state index < -0.39 is 14.1 Å². The van der Waals surface area contributed by atoms with Crippen molar-refractivity contribution in [2.24, 2.45) is 0 Å². The maximum atomic E-state index is 12.8. The van der Waals surface area contributed by atoms with Gasteiger partial charge < -0.3 is 19.2 Å². The number of Topliss-reactive ketones (excluding diaryl/α,β-unsaturated/α-hetero) is 1. The number of hydrogen-bond donors (Lipinski definition) is 1. The van der Waals surface area contributed by atoms with Gasteiger partial charge in [-0.15, -0.1) is 0 Å². The van der Waals surface area contributed by atoms with Gasteiger partial charge in [0.15, 0.2) is 8.32 Å². The zero-order valence-electron chi connectivity index (χ0n) is 18.8. The molecule has 160 valence electrons. The molecule has 1 aliphatic carbocycles. The van der Waals surface area contributed by atoms with Crippen LogP contribution in [0.1, 0.15) is 48.0 Å². The van der Waals surface area contributed by atoms with Crippen molar-refractivity contribution in [1.29, 1.82) is 0 Å². The molecule has 0 heterocycles. The number of hydrogen-bond acceptors (Lipinski definition) is 5. The van der Waals surface area contributed by atoms with E-state index in [4.69, 9.17) is 26.1 Å². The number of carbonyl (C=O) groups is 1. The number of ether oxygens (including phenoxy) is 2. The molecule has 0 radical (unpaired) electrons. The Hall–Kier alpha value is -0.863. The molecular weight excluding hydrogens is 390 g/mol. The quantitative estimate of drug-likeness (QED) is 0.172. The van der Waals surface area contributed by atoms with Crippen LogP contribution in [-0.4, -0.2) is 51.2 Å². The van der Waals surface area contributed by atoms with Gasteiger partial charge in [-0.05, 0) is 45.3 Å². The van der Waals surface area contributed by atoms with E-state index in [1.807, 2.05) is 20.8 Å². The molecule has 0 fully saturated rings. The average molecular weight is 428 g/mol. The van der Waals surface area contributed by atoms with Crippen molar-refractivity contribution in [3.8, 4) is 0 Å². The van der Waals surface area contributed by atoms with Gasteiger partial charge in [-0.1, -0.05) is 45.1 Å². The number of thiocarbonyl (C=S) groups is 1. The van der Waals surface area contributed by atoms with E-state index in [1.165, 1.54) is 0 Å². The van der Waals surface area contributed by atoms with Gasteiger partial charge in [-0.25, -0.2) is 0 Å². The molecule has 0 aromatic carbocycles. The van der Waals surface area contributed by atoms with Crippen molar-refractivity contribution in [3.63, 3.8) is 0 Å². The number of allylic oxidation sites excluding steroid dienone is 1. The van der Waals surface area contributed by atoms with Gasteiger partial charge >= 0.3 is 0 Å². The van der Waals surface area contributed by atoms with Crippen molar-refractivity contribution in [2.45, 2.75) is 71.9 Å². The van der Waals surface area contributed by atoms with Crippen molar-refractivity contribution >= 4 is 31.3 Å². The summed E-state index contributed by atoms with van der Waals surface area (Å²) in [6.07, 6.45) is 0.471. The molecule has 28 heavy (non-hydrogen) atoms. The van der Waals surface area contributed by atoms with Crippen LogP contribution >= 0.6 is 12.2 Å². The van der Waals surface area contributed by atoms with Gasteiger partial charge in [0.25, 0.3) is 5.79 Å². The molecule has 0 saturated carbocycles. The van der Waals surface area contributed by atoms with Crippen LogP contribution in [-0.2, 0) is 18.7 Å². The fraction of sp³-hybridized carbons (Fsp3) is 0.714. The molecule has 1 aliphatic rings. The van der Waals surface area contributed by atoms with Crippen LogP contribution in [0.2, 0.25) is 18.1 Å². The molecule has 0 saturated heterocycles. The van der Waals surface area contributed by atoms with Crippen molar-refractivity contribution in [2.75, 3.05) is 26.4 Å². The molecule has 0 aromatic heterocycles. The summed E-state index contributed by atoms with van der Waals surface area (Å²) in [7, 11) is -1.81. The van der Waals surface area contributed by atoms with E-state index in [9.17, 15) is 4.79 Å². The second-order valence-electron chi connectivity index (χ2n) is 8.66. The highest BCUT2D eigenvalue weighted by molar-refractivity contribution is 7.80. The third kappa shape index (κ3) is 5.39. The molecule has 0 aromatic rings. The first-order chi connectivity index (χ1) is 12.8. The zero-order valence-corrected chi connectivity index (χ0v) is 20.6. The summed E-state index contributed by atoms with van der Waals surface area (Å²) in [6.45, 7) is 22.4. The fourth-order valence-electron chi connectivity index (χ4n) is 2.82. The highest BCUT2D eigenvalue weighted by Crippen LogP contribution is 2.42. The Morgan fingerprint density at radius 3 is 2.18 bits per heavy atom. The van der Waals surface area contributed by atoms with Gasteiger partial charge in [0, 0.05) is 25.3 Å². The molecular formula is C21H37NO4SSi. The number of carbonyl (C=O) groups excluding carboxylic acids is 1. The van der Waals surface area contributed by atoms with E-state index in [2.05, 4.69) is 45.8 Å². The van der Waals surface area contributed by atoms with E-state index in [1.54, 1.807) is 0 Å². The van der Waals surface area contributed by atoms with Crippen LogP contribution in [0.5, 0.6) is 0 Å². The molecule has 7 heteroatoms. The molecule has 5 nitrogen and oxygen atoms in total. The largest absolute Gasteiger partial charge is 0.415 e. The predicted molar refractivity (Wildman–Crippen MR) is 121 cm³/mol. The van der Waals surface area contributed by atoms with E-state index >= 15 is 0 Å². The highest BCUT2D eigenvalue weighted by atomic mass is 32.1. The maximum absolute atomic E-state index is 12.8. The number of rotatable bonds is 11. The Labute approximate surface area is 177 Å². The smallest absolute Gasteiger partial charge is 0.264 e. The maximum Gasteiger partial charge on any atom is 0.264 e. The lowest BCUT2D eigenvalue weighted by Gasteiger charge is -2.43. The molecule has 0 aliphatic heterocycles. The van der Waals surface area contributed by atoms with Gasteiger partial charge in [-0.2, -0.15) is 0 Å². The average Bonchev–Trinajstić information content (AvgIpc) is 2.56. The first-order valence-electron chi connectivity index (χ1n) is 9.97. The second kappa shape index (κ2) is 9.76. The second-order valence-corrected chi connectivity index (χ2v) is 13.9. The molecule has 0 amide bonds. The summed E-state index contributed by atoms with van der Waals surface area (Å²) in [6, 6.07) is 0. The first kappa shape index (κ1) is 25.2. The summed E-state index contributed by atoms with van der Waals surface area (Å²) < 4.78 is 17.7. The lowest BCUT2D eigenvalue weighted by Crippen LogP contribution is -2.59. The molecule has 1 rings (SSSR count). The van der Waals surface area contributed by atoms with Gasteiger partial charge in [0.1, 0.15) is 4.99 Å². The van der Waals surface area contributed by atoms with E-state index in [-0.39, 0.29) is 10.8 Å². The number of nitrogens with one attached hydrogen (secondary N) is 1. The summed E-state index contributed by atoms with van der Waals surface area (Å²) >= 11 is 5.61. The minimum absolute atomic E-state index is 0.157. The van der Waals surface area contributed by atoms with Crippen LogP contribution in [0.3, 0.4) is 0 Å². The molecule has 0 atom stereocenters. The summed E-state index contributed by atoms with van der Waals surface area (Å²) in [5.41, 5.74) is 2.15. The van der Waals surface area contributed by atoms with Gasteiger partial charge in [0.2, 0.25) is 5.78 Å². The molecule has 1 N–H and O–H groups in total. The SMILES string of the molecule is C=C(C)CC1=C(C(=S)NCCO[Si](C)(C)C(C)(C)C)C(OCC)(OCC)C1=O. The summed E-state index contributed by atoms with van der Waals surface area (Å²) in [5.74, 6) is -1.55. The Bertz CT molecular complexity index is 643. The highest BCUT2D eigenvalue weighted by Gasteiger charge is 2.57. The normalized spacial score (nSPS) is 16.8. The minimum Gasteiger partial charge on any atom is -0.415 e. The fourth-order valence-corrected chi connectivity index (χ4v) is 4.22. The van der Waals surface area contributed by atoms with Crippen LogP contribution in [0, 0.1) is 0 Å². The molecule has 0 unspecified atom stereocenters. The Morgan fingerprint density at radius 2 is 1.75 bits per heavy atom. The third-order valence-corrected chi connectivity index (χ3v) is 10.1. The van der Waals surface area contributed by atoms with Crippen LogP contribution in [0.4, 0.5) is 0 Å². The Kier molecular flexibility index (Phi) is 8.77. The van der Waals surface area contributed by atoms with E-state index in [0.717, 1.165) is 5.57 Å². The van der Waals surface area contributed by atoms with Crippen molar-refractivity contribution < 1.29 is 18.7 Å². The monoisotopic (exact) mass is 427 g/mol. The van der Waals surface area contributed by atoms with Crippen molar-refractivity contribution in [1.82, 2.24) is 5.32 Å². The lowest BCUT2D eigenvalue weighted by molar-refractivity contribution is -0.210. The summed E-state index contributed by atoms with van der Waals surface area (Å²) in [5, 5.41) is 3.39. The topological polar surface area (TPSA) is 56.8 Å². The minimum atomic E-state index is -1.81. The predicted octanol–water partition coefficient (Wildman–Crippen LogP) is 4.54. The molecule has 0 bridgehead atoms. The number of ketones is 1. The zero-order chi connectivity index (χ0) is 21.8. The first-order valence-corrected chi connectivity index (χ1v) is 13.3. The third-order valence-electron chi connectivity index (χ3n) is 5.26. The van der Waals surface area contributed by atoms with Gasteiger partial charge in [-0.3, -0.25) is 4.79 Å². The van der Waals surface area contributed by atoms with Crippen LogP contribution in [0.25, 0.3) is 0 Å². The van der Waals surface area contributed by atoms with Crippen LogP contribution < -0.4 is 5.32 Å². The van der Waals surface area contributed by atoms with E-state index in [0.29, 0.717) is 48.9 Å². The van der Waals surface area contributed by atoms with Crippen molar-refractivity contribution in [3.05, 3.63) is 23.3 Å². The van der Waals surface area contributed by atoms with Crippen LogP contribution in [0.15, 0.2) is 23.3 Å². The Morgan fingerprint density at radius 1 is 1.21 bits per heavy atom. The summed E-state index contributed by atoms with van der Waals surface area (Å²) in [4.78, 5) is 13.3.